The topological polar surface area (TPSA) is 66.4 Å². The molecule has 4 nitrogen and oxygen atoms in total. The van der Waals surface area contributed by atoms with Gasteiger partial charge in [-0.05, 0) is 49.9 Å². The Morgan fingerprint density at radius 3 is 2.68 bits per heavy atom. The Morgan fingerprint density at radius 1 is 1.37 bits per heavy atom. The summed E-state index contributed by atoms with van der Waals surface area (Å²) in [6.45, 7) is 1.60. The number of halogens is 1. The van der Waals surface area contributed by atoms with E-state index >= 15 is 0 Å². The smallest absolute Gasteiger partial charge is 0.306 e. The summed E-state index contributed by atoms with van der Waals surface area (Å²) in [5.41, 5.74) is 0.820. The van der Waals surface area contributed by atoms with E-state index in [9.17, 15) is 14.0 Å². The van der Waals surface area contributed by atoms with E-state index in [1.807, 2.05) is 0 Å². The summed E-state index contributed by atoms with van der Waals surface area (Å²) in [7, 11) is 0. The predicted molar refractivity (Wildman–Crippen MR) is 67.4 cm³/mol. The average Bonchev–Trinajstić information content (AvgIpc) is 2.81. The molecule has 1 amide bonds. The Labute approximate surface area is 110 Å². The Bertz CT molecular complexity index is 515. The van der Waals surface area contributed by atoms with E-state index in [1.54, 1.807) is 6.92 Å². The lowest BCUT2D eigenvalue weighted by atomic mass is 10.1. The third-order valence-electron chi connectivity index (χ3n) is 3.54. The number of aliphatic carboxylic acids is 1. The first-order chi connectivity index (χ1) is 8.97. The molecule has 5 heteroatoms. The summed E-state index contributed by atoms with van der Waals surface area (Å²) >= 11 is 0. The molecular weight excluding hydrogens is 249 g/mol. The molecule has 2 atom stereocenters. The van der Waals surface area contributed by atoms with E-state index in [1.165, 1.54) is 18.2 Å². The number of nitrogens with one attached hydrogen (secondary N) is 1. The van der Waals surface area contributed by atoms with Crippen LogP contribution in [-0.4, -0.2) is 23.0 Å². The zero-order valence-electron chi connectivity index (χ0n) is 10.6. The van der Waals surface area contributed by atoms with Crippen LogP contribution in [0.25, 0.3) is 0 Å². The lowest BCUT2D eigenvalue weighted by molar-refractivity contribution is -0.141. The first-order valence-electron chi connectivity index (χ1n) is 6.27. The van der Waals surface area contributed by atoms with Crippen molar-refractivity contribution in [2.75, 3.05) is 0 Å². The minimum Gasteiger partial charge on any atom is -0.481 e. The van der Waals surface area contributed by atoms with E-state index in [0.717, 1.165) is 0 Å². The van der Waals surface area contributed by atoms with Crippen LogP contribution >= 0.6 is 0 Å². The highest BCUT2D eigenvalue weighted by molar-refractivity contribution is 5.94. The summed E-state index contributed by atoms with van der Waals surface area (Å²) in [5, 5.41) is 11.7. The number of carbonyl (C=O) groups is 2. The highest BCUT2D eigenvalue weighted by Crippen LogP contribution is 2.25. The van der Waals surface area contributed by atoms with Gasteiger partial charge in [-0.1, -0.05) is 0 Å². The lowest BCUT2D eigenvalue weighted by Crippen LogP contribution is -2.33. The van der Waals surface area contributed by atoms with Crippen LogP contribution in [0, 0.1) is 18.7 Å². The number of rotatable bonds is 3. The molecule has 2 rings (SSSR count). The molecule has 2 N–H and O–H groups in total. The number of hydrogen-bond acceptors (Lipinski definition) is 2. The van der Waals surface area contributed by atoms with Crippen LogP contribution in [0.15, 0.2) is 18.2 Å². The van der Waals surface area contributed by atoms with Crippen LogP contribution in [0.3, 0.4) is 0 Å². The fourth-order valence-corrected chi connectivity index (χ4v) is 2.39. The Morgan fingerprint density at radius 2 is 2.11 bits per heavy atom. The van der Waals surface area contributed by atoms with Gasteiger partial charge in [0.05, 0.1) is 5.92 Å². The van der Waals surface area contributed by atoms with Gasteiger partial charge in [-0.2, -0.15) is 0 Å². The number of amides is 1. The molecule has 19 heavy (non-hydrogen) atoms. The summed E-state index contributed by atoms with van der Waals surface area (Å²) in [5.74, 6) is -1.81. The first-order valence-corrected chi connectivity index (χ1v) is 6.27. The SMILES string of the molecule is Cc1cc(C(=O)N[C@@H]2CC[C@H](C(=O)O)C2)ccc1F. The molecule has 1 aliphatic carbocycles. The molecule has 0 aliphatic heterocycles. The minimum absolute atomic E-state index is 0.112. The van der Waals surface area contributed by atoms with Crippen LogP contribution < -0.4 is 5.32 Å². The van der Waals surface area contributed by atoms with Gasteiger partial charge in [0, 0.05) is 11.6 Å². The van der Waals surface area contributed by atoms with Gasteiger partial charge in [-0.25, -0.2) is 4.39 Å². The molecule has 0 unspecified atom stereocenters. The van der Waals surface area contributed by atoms with Gasteiger partial charge in [-0.15, -0.1) is 0 Å². The fourth-order valence-electron chi connectivity index (χ4n) is 2.39. The maximum absolute atomic E-state index is 13.1. The molecule has 0 aromatic heterocycles. The van der Waals surface area contributed by atoms with E-state index in [0.29, 0.717) is 30.4 Å². The number of aryl methyl sites for hydroxylation is 1. The van der Waals surface area contributed by atoms with Crippen molar-refractivity contribution in [3.8, 4) is 0 Å². The fraction of sp³-hybridized carbons (Fsp3) is 0.429. The standard InChI is InChI=1S/C14H16FNO3/c1-8-6-9(3-5-12(8)15)13(17)16-11-4-2-10(7-11)14(18)19/h3,5-6,10-11H,2,4,7H2,1H3,(H,16,17)(H,18,19)/t10-,11+/m0/s1. The van der Waals surface area contributed by atoms with Crippen molar-refractivity contribution in [1.82, 2.24) is 5.32 Å². The molecule has 1 aromatic carbocycles. The quantitative estimate of drug-likeness (QED) is 0.879. The number of carboxylic acid groups (broad SMARTS) is 1. The summed E-state index contributed by atoms with van der Waals surface area (Å²) < 4.78 is 13.1. The third-order valence-corrected chi connectivity index (χ3v) is 3.54. The number of benzene rings is 1. The highest BCUT2D eigenvalue weighted by atomic mass is 19.1. The Balaban J connectivity index is 1.98. The Kier molecular flexibility index (Phi) is 3.83. The van der Waals surface area contributed by atoms with Gasteiger partial charge in [-0.3, -0.25) is 9.59 Å². The van der Waals surface area contributed by atoms with Crippen molar-refractivity contribution in [2.24, 2.45) is 5.92 Å². The van der Waals surface area contributed by atoms with Crippen LogP contribution in [0.2, 0.25) is 0 Å². The van der Waals surface area contributed by atoms with E-state index in [2.05, 4.69) is 5.32 Å². The van der Waals surface area contributed by atoms with Crippen molar-refractivity contribution in [3.05, 3.63) is 35.1 Å². The molecule has 1 saturated carbocycles. The summed E-state index contributed by atoms with van der Waals surface area (Å²) in [6, 6.07) is 4.08. The molecular formula is C14H16FNO3. The second-order valence-electron chi connectivity index (χ2n) is 4.98. The zero-order valence-corrected chi connectivity index (χ0v) is 10.6. The molecule has 1 aliphatic rings. The monoisotopic (exact) mass is 265 g/mol. The molecule has 0 heterocycles. The zero-order chi connectivity index (χ0) is 14.0. The summed E-state index contributed by atoms with van der Waals surface area (Å²) in [6.07, 6.45) is 1.72. The minimum atomic E-state index is -0.811. The maximum atomic E-state index is 13.1. The molecule has 0 bridgehead atoms. The Hall–Kier alpha value is -1.91. The van der Waals surface area contributed by atoms with Gasteiger partial charge in [0.1, 0.15) is 5.82 Å². The van der Waals surface area contributed by atoms with Gasteiger partial charge in [0.25, 0.3) is 5.91 Å². The molecule has 0 radical (unpaired) electrons. The largest absolute Gasteiger partial charge is 0.481 e. The molecule has 102 valence electrons. The van der Waals surface area contributed by atoms with Gasteiger partial charge >= 0.3 is 5.97 Å². The molecule has 1 aromatic rings. The second-order valence-corrected chi connectivity index (χ2v) is 4.98. The maximum Gasteiger partial charge on any atom is 0.306 e. The van der Waals surface area contributed by atoms with Crippen LogP contribution in [0.1, 0.15) is 35.2 Å². The van der Waals surface area contributed by atoms with Gasteiger partial charge in [0.15, 0.2) is 0 Å². The van der Waals surface area contributed by atoms with Crippen LogP contribution in [0.4, 0.5) is 4.39 Å². The number of carboxylic acids is 1. The third kappa shape index (κ3) is 3.10. The van der Waals surface area contributed by atoms with Crippen molar-refractivity contribution in [2.45, 2.75) is 32.2 Å². The highest BCUT2D eigenvalue weighted by Gasteiger charge is 2.30. The van der Waals surface area contributed by atoms with E-state index in [-0.39, 0.29) is 23.7 Å². The predicted octanol–water partition coefficient (Wildman–Crippen LogP) is 2.12. The van der Waals surface area contributed by atoms with Crippen LogP contribution in [0.5, 0.6) is 0 Å². The van der Waals surface area contributed by atoms with Crippen molar-refractivity contribution in [3.63, 3.8) is 0 Å². The molecule has 1 fully saturated rings. The lowest BCUT2D eigenvalue weighted by Gasteiger charge is -2.12. The second kappa shape index (κ2) is 5.38. The first kappa shape index (κ1) is 13.5. The number of hydrogen-bond donors (Lipinski definition) is 2. The van der Waals surface area contributed by atoms with Crippen molar-refractivity contribution >= 4 is 11.9 Å². The average molecular weight is 265 g/mol. The molecule has 0 saturated heterocycles. The summed E-state index contributed by atoms with van der Waals surface area (Å²) in [4.78, 5) is 22.8. The van der Waals surface area contributed by atoms with Crippen molar-refractivity contribution < 1.29 is 19.1 Å². The van der Waals surface area contributed by atoms with Crippen LogP contribution in [-0.2, 0) is 4.79 Å². The molecule has 0 spiro atoms. The van der Waals surface area contributed by atoms with Gasteiger partial charge < -0.3 is 10.4 Å². The normalized spacial score (nSPS) is 22.2. The number of carbonyl (C=O) groups excluding carboxylic acids is 1. The van der Waals surface area contributed by atoms with Gasteiger partial charge in [0.2, 0.25) is 0 Å². The van der Waals surface area contributed by atoms with Crippen molar-refractivity contribution in [1.29, 1.82) is 0 Å². The van der Waals surface area contributed by atoms with E-state index in [4.69, 9.17) is 5.11 Å². The van der Waals surface area contributed by atoms with E-state index < -0.39 is 5.97 Å².